The average Bonchev–Trinajstić information content (AvgIpc) is 3.39. The van der Waals surface area contributed by atoms with E-state index in [0.29, 0.717) is 22.1 Å². The number of esters is 1. The molecule has 3 aromatic heterocycles. The summed E-state index contributed by atoms with van der Waals surface area (Å²) >= 11 is 4.42. The van der Waals surface area contributed by atoms with Crippen LogP contribution in [-0.2, 0) is 29.4 Å². The molecule has 0 radical (unpaired) electrons. The number of thioether (sulfide) groups is 1. The lowest BCUT2D eigenvalue weighted by molar-refractivity contribution is -0.113. The molecule has 0 unspecified atom stereocenters. The van der Waals surface area contributed by atoms with Crippen LogP contribution in [0.3, 0.4) is 0 Å². The van der Waals surface area contributed by atoms with Crippen LogP contribution in [-0.4, -0.2) is 39.5 Å². The molecule has 0 saturated carbocycles. The quantitative estimate of drug-likeness (QED) is 0.367. The molecule has 166 valence electrons. The highest BCUT2D eigenvalue weighted by Gasteiger charge is 2.23. The van der Waals surface area contributed by atoms with E-state index in [1.54, 1.807) is 11.3 Å². The molecule has 0 saturated heterocycles. The van der Waals surface area contributed by atoms with Crippen LogP contribution >= 0.6 is 34.4 Å². The predicted molar refractivity (Wildman–Crippen MR) is 128 cm³/mol. The Morgan fingerprint density at radius 2 is 1.87 bits per heavy atom. The minimum Gasteiger partial charge on any atom is -0.465 e. The normalized spacial score (nSPS) is 11.0. The number of carbonyl (C=O) groups is 2. The fraction of sp³-hybridized carbons (Fsp3) is 0.429. The van der Waals surface area contributed by atoms with E-state index in [1.165, 1.54) is 40.6 Å². The van der Waals surface area contributed by atoms with Crippen LogP contribution in [0.5, 0.6) is 0 Å². The van der Waals surface area contributed by atoms with E-state index in [0.717, 1.165) is 28.2 Å². The van der Waals surface area contributed by atoms with Crippen LogP contribution in [0.2, 0.25) is 0 Å². The van der Waals surface area contributed by atoms with Crippen molar-refractivity contribution in [3.05, 3.63) is 31.8 Å². The van der Waals surface area contributed by atoms with Crippen molar-refractivity contribution in [3.8, 4) is 11.4 Å². The molecule has 7 nitrogen and oxygen atoms in total. The maximum Gasteiger partial charge on any atom is 0.341 e. The van der Waals surface area contributed by atoms with Gasteiger partial charge in [0.25, 0.3) is 0 Å². The van der Waals surface area contributed by atoms with Crippen LogP contribution in [0, 0.1) is 13.8 Å². The molecule has 0 aliphatic carbocycles. The standard InChI is InChI=1S/C21H26N4O3S3/c1-7-13-11(3)29-9-15(13)18-23-24-21(25(18)5)30-10-16(26)22-19-17(20(27)28-6)14(8-2)12(4)31-19/h9H,7-8,10H2,1-6H3,(H,22,26). The molecule has 0 aliphatic heterocycles. The maximum atomic E-state index is 12.6. The van der Waals surface area contributed by atoms with Crippen LogP contribution in [0.25, 0.3) is 11.4 Å². The van der Waals surface area contributed by atoms with Crippen molar-refractivity contribution in [2.45, 2.75) is 45.7 Å². The highest BCUT2D eigenvalue weighted by Crippen LogP contribution is 2.35. The molecule has 0 atom stereocenters. The molecule has 0 fully saturated rings. The van der Waals surface area contributed by atoms with Gasteiger partial charge in [0.1, 0.15) is 5.00 Å². The van der Waals surface area contributed by atoms with Gasteiger partial charge in [0.05, 0.1) is 18.4 Å². The minimum absolute atomic E-state index is 0.161. The number of hydrogen-bond donors (Lipinski definition) is 1. The summed E-state index contributed by atoms with van der Waals surface area (Å²) in [6.07, 6.45) is 1.63. The third kappa shape index (κ3) is 4.70. The SMILES string of the molecule is CCc1c(-c2nnc(SCC(=O)Nc3sc(C)c(CC)c3C(=O)OC)n2C)csc1C. The van der Waals surface area contributed by atoms with E-state index in [9.17, 15) is 9.59 Å². The molecular formula is C21H26N4O3S3. The van der Waals surface area contributed by atoms with Crippen molar-refractivity contribution in [1.82, 2.24) is 14.8 Å². The lowest BCUT2D eigenvalue weighted by Crippen LogP contribution is -2.16. The number of nitrogens with one attached hydrogen (secondary N) is 1. The van der Waals surface area contributed by atoms with Gasteiger partial charge in [0, 0.05) is 27.7 Å². The predicted octanol–water partition coefficient (Wildman–Crippen LogP) is 4.86. The van der Waals surface area contributed by atoms with Crippen LogP contribution in [0.15, 0.2) is 10.5 Å². The summed E-state index contributed by atoms with van der Waals surface area (Å²) in [4.78, 5) is 27.1. The van der Waals surface area contributed by atoms with Gasteiger partial charge in [-0.3, -0.25) is 4.79 Å². The van der Waals surface area contributed by atoms with Crippen molar-refractivity contribution < 1.29 is 14.3 Å². The largest absolute Gasteiger partial charge is 0.465 e. The van der Waals surface area contributed by atoms with Crippen molar-refractivity contribution in [2.75, 3.05) is 18.2 Å². The topological polar surface area (TPSA) is 86.1 Å². The number of rotatable bonds is 8. The van der Waals surface area contributed by atoms with Gasteiger partial charge >= 0.3 is 5.97 Å². The molecule has 3 heterocycles. The summed E-state index contributed by atoms with van der Waals surface area (Å²) < 4.78 is 6.83. The van der Waals surface area contributed by atoms with Crippen molar-refractivity contribution in [3.63, 3.8) is 0 Å². The van der Waals surface area contributed by atoms with Gasteiger partial charge in [-0.05, 0) is 37.8 Å². The molecule has 1 N–H and O–H groups in total. The molecule has 31 heavy (non-hydrogen) atoms. The zero-order valence-corrected chi connectivity index (χ0v) is 20.9. The number of nitrogens with zero attached hydrogens (tertiary/aromatic N) is 3. The summed E-state index contributed by atoms with van der Waals surface area (Å²) in [5.41, 5.74) is 3.74. The second kappa shape index (κ2) is 9.97. The van der Waals surface area contributed by atoms with Crippen molar-refractivity contribution >= 4 is 51.3 Å². The number of aromatic nitrogens is 3. The first-order valence-electron chi connectivity index (χ1n) is 9.92. The van der Waals surface area contributed by atoms with Gasteiger partial charge < -0.3 is 14.6 Å². The van der Waals surface area contributed by atoms with Gasteiger partial charge in [0.2, 0.25) is 5.91 Å². The Bertz CT molecular complexity index is 1110. The number of amides is 1. The monoisotopic (exact) mass is 478 g/mol. The molecule has 0 bridgehead atoms. The highest BCUT2D eigenvalue weighted by atomic mass is 32.2. The van der Waals surface area contributed by atoms with Gasteiger partial charge in [-0.2, -0.15) is 0 Å². The molecule has 1 amide bonds. The Labute approximate surface area is 194 Å². The second-order valence-corrected chi connectivity index (χ2v) is 10.2. The van der Waals surface area contributed by atoms with Crippen LogP contribution in [0.4, 0.5) is 5.00 Å². The van der Waals surface area contributed by atoms with E-state index in [-0.39, 0.29) is 11.7 Å². The molecule has 0 aromatic carbocycles. The Kier molecular flexibility index (Phi) is 7.55. The lowest BCUT2D eigenvalue weighted by Gasteiger charge is -2.07. The lowest BCUT2D eigenvalue weighted by atomic mass is 10.1. The Morgan fingerprint density at radius 3 is 2.52 bits per heavy atom. The number of ether oxygens (including phenoxy) is 1. The molecule has 10 heteroatoms. The molecule has 0 aliphatic rings. The highest BCUT2D eigenvalue weighted by molar-refractivity contribution is 7.99. The number of methoxy groups -OCH3 is 1. The summed E-state index contributed by atoms with van der Waals surface area (Å²) in [5.74, 6) is 0.330. The van der Waals surface area contributed by atoms with Crippen molar-refractivity contribution in [2.24, 2.45) is 7.05 Å². The van der Waals surface area contributed by atoms with E-state index in [4.69, 9.17) is 4.74 Å². The summed E-state index contributed by atoms with van der Waals surface area (Å²) in [6.45, 7) is 8.17. The van der Waals surface area contributed by atoms with Crippen molar-refractivity contribution in [1.29, 1.82) is 0 Å². The fourth-order valence-corrected chi connectivity index (χ4v) is 6.28. The zero-order valence-electron chi connectivity index (χ0n) is 18.5. The minimum atomic E-state index is -0.431. The van der Waals surface area contributed by atoms with Crippen LogP contribution < -0.4 is 5.32 Å². The first-order valence-corrected chi connectivity index (χ1v) is 12.6. The van der Waals surface area contributed by atoms with Gasteiger partial charge in [-0.15, -0.1) is 32.9 Å². The summed E-state index contributed by atoms with van der Waals surface area (Å²) in [7, 11) is 3.26. The Morgan fingerprint density at radius 1 is 1.16 bits per heavy atom. The number of thiophene rings is 2. The molecule has 3 rings (SSSR count). The third-order valence-electron chi connectivity index (χ3n) is 5.07. The number of hydrogen-bond acceptors (Lipinski definition) is 8. The second-order valence-electron chi connectivity index (χ2n) is 6.93. The number of anilines is 1. The van der Waals surface area contributed by atoms with E-state index in [2.05, 4.69) is 34.7 Å². The Hall–Kier alpha value is -2.17. The molecular weight excluding hydrogens is 452 g/mol. The first-order chi connectivity index (χ1) is 14.8. The zero-order chi connectivity index (χ0) is 22.7. The first kappa shape index (κ1) is 23.5. The summed E-state index contributed by atoms with van der Waals surface area (Å²) in [6, 6.07) is 0. The van der Waals surface area contributed by atoms with Crippen LogP contribution in [0.1, 0.15) is 45.1 Å². The molecule has 0 spiro atoms. The molecule has 3 aromatic rings. The van der Waals surface area contributed by atoms with Gasteiger partial charge in [-0.25, -0.2) is 4.79 Å². The van der Waals surface area contributed by atoms with E-state index in [1.807, 2.05) is 25.5 Å². The Balaban J connectivity index is 1.73. The number of carbonyl (C=O) groups excluding carboxylic acids is 2. The maximum absolute atomic E-state index is 12.6. The smallest absolute Gasteiger partial charge is 0.341 e. The van der Waals surface area contributed by atoms with E-state index >= 15 is 0 Å². The fourth-order valence-electron chi connectivity index (χ4n) is 3.48. The van der Waals surface area contributed by atoms with Gasteiger partial charge in [-0.1, -0.05) is 25.6 Å². The van der Waals surface area contributed by atoms with E-state index < -0.39 is 5.97 Å². The van der Waals surface area contributed by atoms with Gasteiger partial charge in [0.15, 0.2) is 11.0 Å². The summed E-state index contributed by atoms with van der Waals surface area (Å²) in [5, 5.41) is 14.8. The number of aryl methyl sites for hydroxylation is 2. The third-order valence-corrected chi connectivity index (χ3v) is 8.11. The average molecular weight is 479 g/mol.